The molecule has 2 aromatic heterocycles. The van der Waals surface area contributed by atoms with Crippen molar-refractivity contribution in [2.75, 3.05) is 54.8 Å². The van der Waals surface area contributed by atoms with Crippen molar-refractivity contribution in [3.63, 3.8) is 0 Å². The second kappa shape index (κ2) is 15.8. The Morgan fingerprint density at radius 2 is 1.71 bits per heavy atom. The molecule has 6 heterocycles. The monoisotopic (exact) mass is 770 g/mol. The van der Waals surface area contributed by atoms with Crippen LogP contribution in [-0.4, -0.2) is 104 Å². The molecule has 3 saturated heterocycles. The third kappa shape index (κ3) is 8.28. The Labute approximate surface area is 322 Å². The number of amides is 3. The minimum atomic E-state index is -4.68. The molecule has 1 atom stereocenters. The third-order valence-corrected chi connectivity index (χ3v) is 11.0. The molecule has 292 valence electrons. The first-order valence-corrected chi connectivity index (χ1v) is 18.8. The second-order valence-corrected chi connectivity index (χ2v) is 14.5. The Balaban J connectivity index is 0.801. The van der Waals surface area contributed by atoms with E-state index in [1.807, 2.05) is 36.4 Å². The van der Waals surface area contributed by atoms with Crippen LogP contribution < -0.4 is 20.9 Å². The Hall–Kier alpha value is -5.68. The first-order valence-electron chi connectivity index (χ1n) is 19.3. The SMILES string of the molecule is [2H]c1nccnc1CNc1nc(Nc2ccc(N3CCC(N4CCN(Cc5ccc6c(c5)CN(C5CCC(=O)NC5=O)C6=O)CC4)CC3)cc2)ncc1C(F)(F)F. The fraction of sp³-hybridized carbons (Fsp3) is 0.410. The number of nitrogens with zero attached hydrogens (tertiary/aromatic N) is 8. The molecule has 1 unspecified atom stereocenters. The molecule has 8 rings (SSSR count). The van der Waals surface area contributed by atoms with Crippen LogP contribution in [0.5, 0.6) is 0 Å². The predicted octanol–water partition coefficient (Wildman–Crippen LogP) is 4.19. The maximum atomic E-state index is 13.7. The zero-order valence-electron chi connectivity index (χ0n) is 31.6. The van der Waals surface area contributed by atoms with E-state index in [0.29, 0.717) is 30.3 Å². The number of anilines is 4. The number of nitrogens with one attached hydrogen (secondary N) is 3. The molecule has 0 radical (unpaired) electrons. The van der Waals surface area contributed by atoms with E-state index in [1.165, 1.54) is 12.4 Å². The zero-order chi connectivity index (χ0) is 39.7. The number of halogens is 3. The molecule has 0 spiro atoms. The van der Waals surface area contributed by atoms with Crippen LogP contribution in [0.1, 0.15) is 59.8 Å². The lowest BCUT2D eigenvalue weighted by Crippen LogP contribution is -2.53. The summed E-state index contributed by atoms with van der Waals surface area (Å²) in [7, 11) is 0. The van der Waals surface area contributed by atoms with E-state index in [9.17, 15) is 27.6 Å². The number of carbonyl (C=O) groups excluding carboxylic acids is 3. The number of aromatic nitrogens is 4. The Kier molecular flexibility index (Phi) is 10.2. The highest BCUT2D eigenvalue weighted by Crippen LogP contribution is 2.35. The average molecular weight is 771 g/mol. The van der Waals surface area contributed by atoms with E-state index in [0.717, 1.165) is 81.7 Å². The molecule has 17 heteroatoms. The summed E-state index contributed by atoms with van der Waals surface area (Å²) >= 11 is 0. The van der Waals surface area contributed by atoms with Gasteiger partial charge in [0.1, 0.15) is 17.4 Å². The van der Waals surface area contributed by atoms with Crippen LogP contribution in [0.15, 0.2) is 67.2 Å². The van der Waals surface area contributed by atoms with Crippen molar-refractivity contribution in [3.05, 3.63) is 95.2 Å². The lowest BCUT2D eigenvalue weighted by molar-refractivity contribution is -0.138. The van der Waals surface area contributed by atoms with Gasteiger partial charge in [0.25, 0.3) is 5.91 Å². The molecule has 4 aliphatic heterocycles. The van der Waals surface area contributed by atoms with Gasteiger partial charge in [0.05, 0.1) is 19.8 Å². The molecule has 2 aromatic carbocycles. The number of fused-ring (bicyclic) bond motifs is 1. The number of hydrogen-bond donors (Lipinski definition) is 3. The van der Waals surface area contributed by atoms with Crippen molar-refractivity contribution < 1.29 is 28.9 Å². The normalized spacial score (nSPS) is 20.2. The number of hydrogen-bond acceptors (Lipinski definition) is 12. The predicted molar refractivity (Wildman–Crippen MR) is 201 cm³/mol. The molecule has 4 aliphatic rings. The molecule has 56 heavy (non-hydrogen) atoms. The summed E-state index contributed by atoms with van der Waals surface area (Å²) in [5.41, 5.74) is 3.54. The Morgan fingerprint density at radius 3 is 2.45 bits per heavy atom. The molecule has 3 N–H and O–H groups in total. The van der Waals surface area contributed by atoms with Crippen LogP contribution in [0.2, 0.25) is 0 Å². The minimum absolute atomic E-state index is 0.00783. The Bertz CT molecular complexity index is 2140. The summed E-state index contributed by atoms with van der Waals surface area (Å²) in [6.07, 6.45) is 1.28. The van der Waals surface area contributed by atoms with Crippen LogP contribution in [0.3, 0.4) is 0 Å². The number of piperidine rings is 2. The summed E-state index contributed by atoms with van der Waals surface area (Å²) in [4.78, 5) is 61.9. The molecule has 4 aromatic rings. The molecule has 0 bridgehead atoms. The topological polar surface area (TPSA) is 152 Å². The lowest BCUT2D eigenvalue weighted by atomic mass is 10.0. The standard InChI is InChI=1S/C39H42F3N11O3/c40-39(41,42)32-22-46-38(49-35(32)45-21-28-20-43-11-12-44-28)47-27-2-4-29(5-3-27)51-13-9-30(10-14-51)52-17-15-50(16-18-52)23-25-1-6-31-26(19-25)24-53(37(31)56)33-7-8-34(54)48-36(33)55/h1-6,11-12,19-20,22,30,33H,7-10,13-18,21,23-24H2,(H,48,54,55)(H2,45,46,47,49)/i20D. The van der Waals surface area contributed by atoms with Crippen molar-refractivity contribution in [3.8, 4) is 0 Å². The average Bonchev–Trinajstić information content (AvgIpc) is 3.52. The van der Waals surface area contributed by atoms with Gasteiger partial charge in [-0.2, -0.15) is 18.2 Å². The lowest BCUT2D eigenvalue weighted by Gasteiger charge is -2.43. The van der Waals surface area contributed by atoms with E-state index < -0.39 is 29.5 Å². The summed E-state index contributed by atoms with van der Waals surface area (Å²) in [6, 6.07) is 13.5. The number of piperazine rings is 1. The highest BCUT2D eigenvalue weighted by atomic mass is 19.4. The third-order valence-electron chi connectivity index (χ3n) is 11.0. The van der Waals surface area contributed by atoms with Gasteiger partial charge in [0, 0.05) is 100 Å². The number of benzene rings is 2. The smallest absolute Gasteiger partial charge is 0.371 e. The fourth-order valence-corrected chi connectivity index (χ4v) is 7.98. The maximum Gasteiger partial charge on any atom is 0.421 e. The van der Waals surface area contributed by atoms with E-state index in [-0.39, 0.29) is 42.6 Å². The quantitative estimate of drug-likeness (QED) is 0.199. The molecule has 3 fully saturated rings. The van der Waals surface area contributed by atoms with Crippen LogP contribution >= 0.6 is 0 Å². The summed E-state index contributed by atoms with van der Waals surface area (Å²) in [5.74, 6) is -1.29. The summed E-state index contributed by atoms with van der Waals surface area (Å²) in [6.45, 7) is 6.67. The van der Waals surface area contributed by atoms with Gasteiger partial charge in [-0.25, -0.2) is 4.98 Å². The van der Waals surface area contributed by atoms with Crippen LogP contribution in [0.4, 0.5) is 36.3 Å². The van der Waals surface area contributed by atoms with Crippen LogP contribution in [-0.2, 0) is 35.4 Å². The van der Waals surface area contributed by atoms with Crippen LogP contribution in [0, 0.1) is 0 Å². The van der Waals surface area contributed by atoms with E-state index in [1.54, 1.807) is 4.90 Å². The van der Waals surface area contributed by atoms with E-state index >= 15 is 0 Å². The van der Waals surface area contributed by atoms with Crippen molar-refractivity contribution >= 4 is 40.9 Å². The number of imide groups is 1. The highest BCUT2D eigenvalue weighted by molar-refractivity contribution is 6.05. The van der Waals surface area contributed by atoms with Crippen molar-refractivity contribution in [1.29, 1.82) is 0 Å². The highest BCUT2D eigenvalue weighted by Gasteiger charge is 2.39. The zero-order valence-corrected chi connectivity index (χ0v) is 30.6. The molecular weight excluding hydrogens is 727 g/mol. The largest absolute Gasteiger partial charge is 0.421 e. The fourth-order valence-electron chi connectivity index (χ4n) is 7.98. The van der Waals surface area contributed by atoms with E-state index in [2.05, 4.69) is 56.7 Å². The second-order valence-electron chi connectivity index (χ2n) is 14.5. The molecule has 14 nitrogen and oxygen atoms in total. The Morgan fingerprint density at radius 1 is 0.929 bits per heavy atom. The summed E-state index contributed by atoms with van der Waals surface area (Å²) in [5, 5.41) is 8.00. The van der Waals surface area contributed by atoms with Gasteiger partial charge in [-0.3, -0.25) is 39.5 Å². The minimum Gasteiger partial charge on any atom is -0.371 e. The molecule has 0 aliphatic carbocycles. The van der Waals surface area contributed by atoms with Gasteiger partial charge in [-0.05, 0) is 60.7 Å². The molecule has 3 amide bonds. The van der Waals surface area contributed by atoms with Gasteiger partial charge in [-0.15, -0.1) is 0 Å². The number of rotatable bonds is 10. The van der Waals surface area contributed by atoms with Gasteiger partial charge in [0.15, 0.2) is 0 Å². The molecule has 0 saturated carbocycles. The van der Waals surface area contributed by atoms with Crippen molar-refractivity contribution in [2.24, 2.45) is 0 Å². The van der Waals surface area contributed by atoms with Gasteiger partial charge >= 0.3 is 6.18 Å². The van der Waals surface area contributed by atoms with Crippen molar-refractivity contribution in [1.82, 2.24) is 40.0 Å². The first kappa shape index (κ1) is 36.0. The first-order chi connectivity index (χ1) is 27.5. The number of alkyl halides is 3. The van der Waals surface area contributed by atoms with Crippen LogP contribution in [0.25, 0.3) is 0 Å². The molecular formula is C39H42F3N11O3. The number of carbonyl (C=O) groups is 3. The maximum absolute atomic E-state index is 13.7. The van der Waals surface area contributed by atoms with Gasteiger partial charge in [0.2, 0.25) is 17.8 Å². The van der Waals surface area contributed by atoms with Crippen molar-refractivity contribution in [2.45, 2.75) is 63.6 Å². The summed E-state index contributed by atoms with van der Waals surface area (Å²) < 4.78 is 49.0. The van der Waals surface area contributed by atoms with Gasteiger partial charge in [-0.1, -0.05) is 12.1 Å². The van der Waals surface area contributed by atoms with E-state index in [4.69, 9.17) is 1.37 Å². The van der Waals surface area contributed by atoms with Gasteiger partial charge < -0.3 is 20.4 Å².